The minimum atomic E-state index is -0.468. The van der Waals surface area contributed by atoms with Crippen molar-refractivity contribution in [2.75, 3.05) is 20.3 Å². The normalized spacial score (nSPS) is 15.4. The second-order valence-electron chi connectivity index (χ2n) is 10.1. The molecule has 5 heteroatoms. The highest BCUT2D eigenvalue weighted by Crippen LogP contribution is 2.45. The molecular formula is C28H38N2O3. The summed E-state index contributed by atoms with van der Waals surface area (Å²) in [6.45, 7) is 16.4. The largest absolute Gasteiger partial charge is 0.461 e. The van der Waals surface area contributed by atoms with Crippen LogP contribution in [0.5, 0.6) is 0 Å². The van der Waals surface area contributed by atoms with E-state index in [1.165, 1.54) is 36.4 Å². The number of fused-ring (bicyclic) bond motifs is 1. The van der Waals surface area contributed by atoms with Gasteiger partial charge in [-0.05, 0) is 65.7 Å². The Morgan fingerprint density at radius 1 is 1.03 bits per heavy atom. The molecule has 0 unspecified atom stereocenters. The van der Waals surface area contributed by atoms with Crippen molar-refractivity contribution >= 4 is 5.97 Å². The third-order valence-corrected chi connectivity index (χ3v) is 5.82. The Bertz CT molecular complexity index is 996. The maximum Gasteiger partial charge on any atom is 0.358 e. The zero-order valence-corrected chi connectivity index (χ0v) is 21.4. The lowest BCUT2D eigenvalue weighted by atomic mass is 9.63. The van der Waals surface area contributed by atoms with Crippen molar-refractivity contribution in [1.29, 1.82) is 0 Å². The summed E-state index contributed by atoms with van der Waals surface area (Å²) >= 11 is 0. The second-order valence-corrected chi connectivity index (χ2v) is 10.1. The lowest BCUT2D eigenvalue weighted by Gasteiger charge is -2.41. The molecule has 2 aromatic rings. The Balaban J connectivity index is 0.000000569. The highest BCUT2D eigenvalue weighted by atomic mass is 16.5. The molecule has 1 aromatic carbocycles. The molecule has 0 bridgehead atoms. The van der Waals surface area contributed by atoms with E-state index in [2.05, 4.69) is 81.6 Å². The van der Waals surface area contributed by atoms with E-state index < -0.39 is 5.97 Å². The van der Waals surface area contributed by atoms with Gasteiger partial charge in [0, 0.05) is 19.3 Å². The molecule has 0 N–H and O–H groups in total. The number of carbonyl (C=O) groups excluding carboxylic acids is 1. The lowest BCUT2D eigenvalue weighted by Crippen LogP contribution is -2.33. The Kier molecular flexibility index (Phi) is 9.19. The summed E-state index contributed by atoms with van der Waals surface area (Å²) in [4.78, 5) is 19.9. The lowest BCUT2D eigenvalue weighted by molar-refractivity contribution is 0.0519. The Hall–Kier alpha value is -2.71. The quantitative estimate of drug-likeness (QED) is 0.442. The highest BCUT2D eigenvalue weighted by molar-refractivity contribution is 5.86. The van der Waals surface area contributed by atoms with E-state index >= 15 is 0 Å². The Morgan fingerprint density at radius 3 is 2.21 bits per heavy atom. The van der Waals surface area contributed by atoms with E-state index in [9.17, 15) is 4.79 Å². The summed E-state index contributed by atoms with van der Waals surface area (Å²) in [6.07, 6.45) is 5.27. The second kappa shape index (κ2) is 11.4. The number of ether oxygens (including phenoxy) is 2. The summed E-state index contributed by atoms with van der Waals surface area (Å²) in [5.41, 5.74) is 4.85. The van der Waals surface area contributed by atoms with Gasteiger partial charge in [0.15, 0.2) is 5.69 Å². The fraction of sp³-hybridized carbons (Fsp3) is 0.536. The highest BCUT2D eigenvalue weighted by Gasteiger charge is 2.36. The molecule has 0 fully saturated rings. The van der Waals surface area contributed by atoms with Crippen molar-refractivity contribution in [3.05, 3.63) is 58.7 Å². The van der Waals surface area contributed by atoms with Gasteiger partial charge in [-0.2, -0.15) is 0 Å². The molecule has 0 atom stereocenters. The summed E-state index contributed by atoms with van der Waals surface area (Å²) < 4.78 is 9.71. The number of esters is 1. The first-order valence-electron chi connectivity index (χ1n) is 11.7. The number of nitrogens with zero attached hydrogens (tertiary/aromatic N) is 2. The van der Waals surface area contributed by atoms with Crippen LogP contribution in [0.25, 0.3) is 0 Å². The van der Waals surface area contributed by atoms with Crippen LogP contribution < -0.4 is 0 Å². The van der Waals surface area contributed by atoms with Crippen LogP contribution in [0.15, 0.2) is 30.6 Å². The maximum absolute atomic E-state index is 11.6. The molecule has 0 spiro atoms. The molecule has 1 aliphatic rings. The van der Waals surface area contributed by atoms with Gasteiger partial charge in [-0.3, -0.25) is 0 Å². The predicted molar refractivity (Wildman–Crippen MR) is 132 cm³/mol. The van der Waals surface area contributed by atoms with Crippen LogP contribution in [-0.2, 0) is 20.3 Å². The van der Waals surface area contributed by atoms with Crippen molar-refractivity contribution < 1.29 is 14.3 Å². The molecule has 1 aromatic heterocycles. The zero-order chi connectivity index (χ0) is 24.6. The molecule has 33 heavy (non-hydrogen) atoms. The molecule has 5 nitrogen and oxygen atoms in total. The summed E-state index contributed by atoms with van der Waals surface area (Å²) in [5.74, 6) is 6.43. The summed E-state index contributed by atoms with van der Waals surface area (Å²) in [7, 11) is 1.72. The molecule has 178 valence electrons. The molecule has 3 rings (SSSR count). The molecule has 1 aliphatic carbocycles. The van der Waals surface area contributed by atoms with Crippen LogP contribution in [0.4, 0.5) is 0 Å². The van der Waals surface area contributed by atoms with Crippen molar-refractivity contribution in [3.63, 3.8) is 0 Å². The number of benzene rings is 1. The average molecular weight is 451 g/mol. The van der Waals surface area contributed by atoms with Crippen molar-refractivity contribution in [3.8, 4) is 11.8 Å². The van der Waals surface area contributed by atoms with Gasteiger partial charge < -0.3 is 9.47 Å². The number of methoxy groups -OCH3 is 1. The number of rotatable bonds is 4. The number of hydrogen-bond donors (Lipinski definition) is 0. The van der Waals surface area contributed by atoms with Gasteiger partial charge in [0.2, 0.25) is 0 Å². The monoisotopic (exact) mass is 450 g/mol. The van der Waals surface area contributed by atoms with Gasteiger partial charge in [0.1, 0.15) is 5.69 Å². The number of hydrogen-bond acceptors (Lipinski definition) is 5. The fourth-order valence-corrected chi connectivity index (χ4v) is 3.84. The van der Waals surface area contributed by atoms with E-state index in [4.69, 9.17) is 9.47 Å². The van der Waals surface area contributed by atoms with Crippen LogP contribution in [0.1, 0.15) is 94.2 Å². The zero-order valence-electron chi connectivity index (χ0n) is 21.4. The van der Waals surface area contributed by atoms with Gasteiger partial charge in [-0.15, -0.1) is 0 Å². The van der Waals surface area contributed by atoms with Gasteiger partial charge >= 0.3 is 5.97 Å². The molecule has 0 saturated heterocycles. The molecule has 1 heterocycles. The van der Waals surface area contributed by atoms with E-state index in [1.807, 2.05) is 0 Å². The average Bonchev–Trinajstić information content (AvgIpc) is 2.76. The first-order valence-corrected chi connectivity index (χ1v) is 11.7. The smallest absolute Gasteiger partial charge is 0.358 e. The van der Waals surface area contributed by atoms with Crippen LogP contribution >= 0.6 is 0 Å². The third-order valence-electron chi connectivity index (χ3n) is 5.82. The van der Waals surface area contributed by atoms with Crippen LogP contribution in [0.3, 0.4) is 0 Å². The first kappa shape index (κ1) is 26.5. The van der Waals surface area contributed by atoms with Crippen molar-refractivity contribution in [2.45, 2.75) is 72.1 Å². The minimum absolute atomic E-state index is 0.156. The van der Waals surface area contributed by atoms with Crippen LogP contribution in [-0.4, -0.2) is 36.3 Å². The molecular weight excluding hydrogens is 412 g/mol. The van der Waals surface area contributed by atoms with Gasteiger partial charge in [-0.25, -0.2) is 14.8 Å². The molecule has 0 amide bonds. The number of carbonyl (C=O) groups is 1. The SMILES string of the molecule is CCOC(=O)c1cnc(C#Cc2ccc3c(c2)C(C)(C)CCC3(C)C)cn1.COCC(C)C. The number of aromatic nitrogens is 2. The van der Waals surface area contributed by atoms with Crippen LogP contribution in [0.2, 0.25) is 0 Å². The van der Waals surface area contributed by atoms with E-state index in [0.717, 1.165) is 12.2 Å². The first-order chi connectivity index (χ1) is 15.5. The Labute approximate surface area is 199 Å². The van der Waals surface area contributed by atoms with E-state index in [1.54, 1.807) is 14.0 Å². The van der Waals surface area contributed by atoms with Crippen molar-refractivity contribution in [1.82, 2.24) is 9.97 Å². The third kappa shape index (κ3) is 7.40. The summed E-state index contributed by atoms with van der Waals surface area (Å²) in [6, 6.07) is 6.51. The minimum Gasteiger partial charge on any atom is -0.461 e. The fourth-order valence-electron chi connectivity index (χ4n) is 3.84. The molecule has 0 aliphatic heterocycles. The van der Waals surface area contributed by atoms with E-state index in [-0.39, 0.29) is 16.5 Å². The Morgan fingerprint density at radius 2 is 1.70 bits per heavy atom. The maximum atomic E-state index is 11.6. The van der Waals surface area contributed by atoms with Gasteiger partial charge in [0.05, 0.1) is 19.0 Å². The van der Waals surface area contributed by atoms with Crippen LogP contribution in [0, 0.1) is 17.8 Å². The standard InChI is InChI=1S/C23H26N2O2.C5H12O/c1-6-27-21(26)20-15-24-17(14-25-20)9-7-16-8-10-18-19(13-16)23(4,5)12-11-22(18,2)3;1-5(2)4-6-3/h8,10,13-15H,6,11-12H2,1-5H3;5H,4H2,1-3H3. The van der Waals surface area contributed by atoms with Crippen molar-refractivity contribution in [2.24, 2.45) is 5.92 Å². The molecule has 0 saturated carbocycles. The van der Waals surface area contributed by atoms with Gasteiger partial charge in [-0.1, -0.05) is 53.5 Å². The topological polar surface area (TPSA) is 61.3 Å². The van der Waals surface area contributed by atoms with Gasteiger partial charge in [0.25, 0.3) is 0 Å². The van der Waals surface area contributed by atoms with E-state index in [0.29, 0.717) is 18.2 Å². The predicted octanol–water partition coefficient (Wildman–Crippen LogP) is 5.69. The summed E-state index contributed by atoms with van der Waals surface area (Å²) in [5, 5.41) is 0. The molecule has 0 radical (unpaired) electrons.